The first-order valence-electron chi connectivity index (χ1n) is 10.2. The molecule has 5 atom stereocenters. The molecular formula is C18H32N8O9. The molecule has 0 aromatic rings. The normalized spacial score (nSPS) is 14.9. The van der Waals surface area contributed by atoms with Gasteiger partial charge in [0, 0.05) is 12.5 Å². The highest BCUT2D eigenvalue weighted by atomic mass is 16.4. The lowest BCUT2D eigenvalue weighted by Gasteiger charge is -2.23. The molecule has 0 bridgehead atoms. The number of rotatable bonds is 16. The average molecular weight is 505 g/mol. The van der Waals surface area contributed by atoms with Crippen LogP contribution in [0.4, 0.5) is 0 Å². The van der Waals surface area contributed by atoms with Gasteiger partial charge in [-0.05, 0) is 13.3 Å². The van der Waals surface area contributed by atoms with Crippen molar-refractivity contribution >= 4 is 41.4 Å². The molecule has 0 spiro atoms. The van der Waals surface area contributed by atoms with Gasteiger partial charge in [-0.25, -0.2) is 4.79 Å². The highest BCUT2D eigenvalue weighted by Crippen LogP contribution is 2.12. The summed E-state index contributed by atoms with van der Waals surface area (Å²) in [5.74, 6) is -8.07. The number of Topliss-reactive ketones (excluding diaryl/α,β-unsaturated/α-hetero) is 1. The van der Waals surface area contributed by atoms with E-state index in [0.29, 0.717) is 0 Å². The first-order chi connectivity index (χ1) is 16.2. The van der Waals surface area contributed by atoms with Gasteiger partial charge < -0.3 is 54.2 Å². The van der Waals surface area contributed by atoms with Gasteiger partial charge in [0.25, 0.3) is 0 Å². The summed E-state index contributed by atoms with van der Waals surface area (Å²) in [6.45, 7) is -0.365. The fourth-order valence-corrected chi connectivity index (χ4v) is 2.72. The number of aliphatic carboxylic acids is 2. The molecule has 0 aromatic carbocycles. The first-order valence-corrected chi connectivity index (χ1v) is 10.2. The lowest BCUT2D eigenvalue weighted by Crippen LogP contribution is -2.56. The Labute approximate surface area is 199 Å². The molecule has 0 radical (unpaired) electrons. The summed E-state index contributed by atoms with van der Waals surface area (Å²) in [5.41, 5.74) is 21.9. The van der Waals surface area contributed by atoms with E-state index in [-0.39, 0.29) is 18.9 Å². The van der Waals surface area contributed by atoms with E-state index in [1.807, 2.05) is 10.6 Å². The van der Waals surface area contributed by atoms with Crippen LogP contribution in [0.3, 0.4) is 0 Å². The predicted molar refractivity (Wildman–Crippen MR) is 119 cm³/mol. The Kier molecular flexibility index (Phi) is 13.5. The number of ketones is 1. The zero-order chi connectivity index (χ0) is 27.3. The van der Waals surface area contributed by atoms with Crippen molar-refractivity contribution in [2.75, 3.05) is 19.7 Å². The van der Waals surface area contributed by atoms with Crippen molar-refractivity contribution < 1.29 is 44.1 Å². The summed E-state index contributed by atoms with van der Waals surface area (Å²) in [6, 6.07) is -5.84. The number of aliphatic hydroxyl groups excluding tert-OH is 1. The quantitative estimate of drug-likeness (QED) is 0.0692. The second-order valence-corrected chi connectivity index (χ2v) is 7.44. The number of hydrogen-bond donors (Lipinski definition) is 10. The van der Waals surface area contributed by atoms with E-state index < -0.39 is 85.1 Å². The van der Waals surface area contributed by atoms with E-state index in [4.69, 9.17) is 38.3 Å². The fraction of sp³-hybridized carbons (Fsp3) is 0.611. The zero-order valence-electron chi connectivity index (χ0n) is 19.0. The third-order valence-electron chi connectivity index (χ3n) is 4.54. The van der Waals surface area contributed by atoms with Crippen LogP contribution in [0, 0.1) is 5.92 Å². The van der Waals surface area contributed by atoms with Crippen LogP contribution in [-0.4, -0.2) is 101 Å². The van der Waals surface area contributed by atoms with Gasteiger partial charge in [0.15, 0.2) is 11.7 Å². The van der Waals surface area contributed by atoms with Crippen LogP contribution in [0.2, 0.25) is 0 Å². The Morgan fingerprint density at radius 3 is 2.00 bits per heavy atom. The molecule has 0 aliphatic heterocycles. The molecule has 0 fully saturated rings. The van der Waals surface area contributed by atoms with Crippen LogP contribution in [0.25, 0.3) is 0 Å². The largest absolute Gasteiger partial charge is 0.481 e. The van der Waals surface area contributed by atoms with E-state index in [9.17, 15) is 28.8 Å². The predicted octanol–water partition coefficient (Wildman–Crippen LogP) is -5.85. The highest BCUT2D eigenvalue weighted by molar-refractivity contribution is 5.96. The van der Waals surface area contributed by atoms with Gasteiger partial charge in [0.05, 0.1) is 31.7 Å². The van der Waals surface area contributed by atoms with Gasteiger partial charge in [0.2, 0.25) is 17.7 Å². The van der Waals surface area contributed by atoms with E-state index >= 15 is 0 Å². The van der Waals surface area contributed by atoms with Crippen molar-refractivity contribution in [3.63, 3.8) is 0 Å². The second-order valence-electron chi connectivity index (χ2n) is 7.44. The summed E-state index contributed by atoms with van der Waals surface area (Å²) in [4.78, 5) is 74.8. The summed E-state index contributed by atoms with van der Waals surface area (Å²) in [6.07, 6.45) is -0.936. The standard InChI is InChI=1S/C18H32N8O9/c1-7(19)14(31)8(2-3-23-18(21)22)13(20)16(33)24-5-11(28)25-9(4-12(29)30)15(32)26-10(6-27)17(34)35/h7-10,13,27H,2-6,19-20H2,1H3,(H,24,33)(H,25,28)(H,26,32)(H,29,30)(H,34,35)(H4,21,22,23)/t7-,8?,9-,10-,13-/m0/s1. The van der Waals surface area contributed by atoms with Crippen molar-refractivity contribution in [2.24, 2.45) is 33.8 Å². The average Bonchev–Trinajstić information content (AvgIpc) is 2.76. The summed E-state index contributed by atoms with van der Waals surface area (Å²) in [7, 11) is 0. The Morgan fingerprint density at radius 1 is 0.943 bits per heavy atom. The molecule has 3 amide bonds. The number of hydrogen-bond acceptors (Lipinski definition) is 10. The Morgan fingerprint density at radius 2 is 1.54 bits per heavy atom. The molecule has 198 valence electrons. The van der Waals surface area contributed by atoms with Gasteiger partial charge in [-0.2, -0.15) is 0 Å². The maximum Gasteiger partial charge on any atom is 0.328 e. The van der Waals surface area contributed by atoms with E-state index in [0.717, 1.165) is 0 Å². The van der Waals surface area contributed by atoms with Crippen LogP contribution in [-0.2, 0) is 28.8 Å². The SMILES string of the molecule is C[C@H](N)C(=O)C(CCN=C(N)N)[C@H](N)C(=O)NCC(=O)N[C@@H](CC(=O)O)C(=O)N[C@@H](CO)C(=O)O. The Balaban J connectivity index is 5.19. The van der Waals surface area contributed by atoms with Crippen molar-refractivity contribution in [1.29, 1.82) is 0 Å². The van der Waals surface area contributed by atoms with Gasteiger partial charge in [-0.1, -0.05) is 0 Å². The lowest BCUT2D eigenvalue weighted by molar-refractivity contribution is -0.144. The third-order valence-corrected chi connectivity index (χ3v) is 4.54. The number of aliphatic hydroxyl groups is 1. The van der Waals surface area contributed by atoms with Crippen molar-refractivity contribution in [1.82, 2.24) is 16.0 Å². The third kappa shape index (κ3) is 11.7. The van der Waals surface area contributed by atoms with Crippen molar-refractivity contribution in [3.05, 3.63) is 0 Å². The fourth-order valence-electron chi connectivity index (χ4n) is 2.72. The number of carbonyl (C=O) groups excluding carboxylic acids is 4. The van der Waals surface area contributed by atoms with E-state index in [2.05, 4.69) is 10.3 Å². The zero-order valence-corrected chi connectivity index (χ0v) is 19.0. The van der Waals surface area contributed by atoms with Gasteiger partial charge >= 0.3 is 11.9 Å². The van der Waals surface area contributed by atoms with Crippen molar-refractivity contribution in [3.8, 4) is 0 Å². The Hall–Kier alpha value is -3.83. The molecule has 0 saturated carbocycles. The molecule has 0 heterocycles. The summed E-state index contributed by atoms with van der Waals surface area (Å²) >= 11 is 0. The number of nitrogens with one attached hydrogen (secondary N) is 3. The number of aliphatic imine (C=N–C) groups is 1. The molecule has 14 N–H and O–H groups in total. The number of carboxylic acid groups (broad SMARTS) is 2. The second kappa shape index (κ2) is 15.1. The number of guanidine groups is 1. The molecule has 0 aliphatic carbocycles. The van der Waals surface area contributed by atoms with E-state index in [1.54, 1.807) is 0 Å². The smallest absolute Gasteiger partial charge is 0.328 e. The molecule has 35 heavy (non-hydrogen) atoms. The van der Waals surface area contributed by atoms with E-state index in [1.165, 1.54) is 6.92 Å². The number of carboxylic acids is 2. The maximum absolute atomic E-state index is 12.4. The lowest BCUT2D eigenvalue weighted by atomic mass is 9.88. The molecular weight excluding hydrogens is 472 g/mol. The highest BCUT2D eigenvalue weighted by Gasteiger charge is 2.33. The summed E-state index contributed by atoms with van der Waals surface area (Å²) in [5, 5.41) is 32.9. The van der Waals surface area contributed by atoms with Crippen molar-refractivity contribution in [2.45, 2.75) is 43.9 Å². The minimum absolute atomic E-state index is 0.0183. The Bertz CT molecular complexity index is 829. The van der Waals surface area contributed by atoms with Crippen LogP contribution < -0.4 is 38.9 Å². The maximum atomic E-state index is 12.4. The van der Waals surface area contributed by atoms with Crippen LogP contribution in [0.1, 0.15) is 19.8 Å². The molecule has 0 aromatic heterocycles. The first kappa shape index (κ1) is 31.2. The number of nitrogens with two attached hydrogens (primary N) is 4. The summed E-state index contributed by atoms with van der Waals surface area (Å²) < 4.78 is 0. The monoisotopic (exact) mass is 504 g/mol. The molecule has 0 aliphatic rings. The molecule has 0 saturated heterocycles. The minimum Gasteiger partial charge on any atom is -0.481 e. The number of amides is 3. The van der Waals surface area contributed by atoms with Crippen LogP contribution in [0.5, 0.6) is 0 Å². The minimum atomic E-state index is -1.73. The molecule has 1 unspecified atom stereocenters. The molecule has 17 heteroatoms. The van der Waals surface area contributed by atoms with Crippen LogP contribution >= 0.6 is 0 Å². The van der Waals surface area contributed by atoms with Gasteiger partial charge in [-0.15, -0.1) is 0 Å². The number of nitrogens with zero attached hydrogens (tertiary/aromatic N) is 1. The topological polar surface area (TPSA) is 316 Å². The molecule has 17 nitrogen and oxygen atoms in total. The number of carbonyl (C=O) groups is 6. The van der Waals surface area contributed by atoms with Crippen LogP contribution in [0.15, 0.2) is 4.99 Å². The van der Waals surface area contributed by atoms with Gasteiger partial charge in [-0.3, -0.25) is 29.0 Å². The molecule has 0 rings (SSSR count). The van der Waals surface area contributed by atoms with Gasteiger partial charge in [0.1, 0.15) is 12.1 Å².